The first-order valence-corrected chi connectivity index (χ1v) is 8.22. The Kier molecular flexibility index (Phi) is 5.00. The molecule has 0 aliphatic carbocycles. The molecule has 2 N–H and O–H groups in total. The Bertz CT molecular complexity index is 863. The number of aliphatic hydroxyl groups excluding tert-OH is 1. The number of nitrogens with zero attached hydrogens (tertiary/aromatic N) is 1. The number of carbonyl (C=O) groups is 1. The lowest BCUT2D eigenvalue weighted by Crippen LogP contribution is -2.32. The third-order valence-corrected chi connectivity index (χ3v) is 4.52. The number of fused-ring (bicyclic) bond motifs is 1. The summed E-state index contributed by atoms with van der Waals surface area (Å²) in [4.78, 5) is 12.5. The topological polar surface area (TPSA) is 60.8 Å². The van der Waals surface area contributed by atoms with Gasteiger partial charge in [-0.1, -0.05) is 72.8 Å². The highest BCUT2D eigenvalue weighted by molar-refractivity contribution is 5.83. The van der Waals surface area contributed by atoms with Crippen molar-refractivity contribution in [2.45, 2.75) is 12.0 Å². The summed E-state index contributed by atoms with van der Waals surface area (Å²) in [5, 5.41) is 22.4. The number of hydrogen-bond acceptors (Lipinski definition) is 2. The van der Waals surface area contributed by atoms with E-state index in [1.54, 1.807) is 0 Å². The van der Waals surface area contributed by atoms with Gasteiger partial charge in [-0.15, -0.1) is 0 Å². The third kappa shape index (κ3) is 3.80. The second-order valence-corrected chi connectivity index (χ2v) is 6.23. The monoisotopic (exact) mass is 335 g/mol. The van der Waals surface area contributed by atoms with Crippen molar-refractivity contribution in [2.24, 2.45) is 0 Å². The number of aliphatic hydroxyl groups is 1. The Labute approximate surface area is 147 Å². The maximum absolute atomic E-state index is 11.3. The lowest BCUT2D eigenvalue weighted by molar-refractivity contribution is 0.113. The van der Waals surface area contributed by atoms with Gasteiger partial charge < -0.3 is 15.1 Å². The van der Waals surface area contributed by atoms with Gasteiger partial charge in [0.05, 0.1) is 6.10 Å². The minimum Gasteiger partial charge on any atom is -0.465 e. The molecule has 3 aromatic carbocycles. The minimum atomic E-state index is -1.01. The van der Waals surface area contributed by atoms with Crippen molar-refractivity contribution in [3.8, 4) is 0 Å². The smallest absolute Gasteiger partial charge is 0.407 e. The van der Waals surface area contributed by atoms with Gasteiger partial charge in [0, 0.05) is 19.5 Å². The zero-order valence-electron chi connectivity index (χ0n) is 14.0. The van der Waals surface area contributed by atoms with Gasteiger partial charge in [0.15, 0.2) is 0 Å². The SMILES string of the molecule is CN(C[C@H](c1ccc2ccccc2c1)[C@@H](O)c1ccccc1)C(=O)O. The van der Waals surface area contributed by atoms with Gasteiger partial charge in [0.1, 0.15) is 0 Å². The molecule has 4 heteroatoms. The highest BCUT2D eigenvalue weighted by Gasteiger charge is 2.26. The van der Waals surface area contributed by atoms with Crippen LogP contribution in [0, 0.1) is 0 Å². The summed E-state index contributed by atoms with van der Waals surface area (Å²) < 4.78 is 0. The second kappa shape index (κ2) is 7.36. The highest BCUT2D eigenvalue weighted by Crippen LogP contribution is 2.33. The van der Waals surface area contributed by atoms with Gasteiger partial charge in [-0.3, -0.25) is 0 Å². The molecule has 0 saturated heterocycles. The van der Waals surface area contributed by atoms with Gasteiger partial charge >= 0.3 is 6.09 Å². The van der Waals surface area contributed by atoms with Crippen molar-refractivity contribution >= 4 is 16.9 Å². The van der Waals surface area contributed by atoms with Crippen LogP contribution in [-0.2, 0) is 0 Å². The number of rotatable bonds is 5. The van der Waals surface area contributed by atoms with Crippen molar-refractivity contribution in [1.29, 1.82) is 0 Å². The summed E-state index contributed by atoms with van der Waals surface area (Å²) in [7, 11) is 1.52. The molecule has 0 radical (unpaired) electrons. The van der Waals surface area contributed by atoms with Crippen molar-refractivity contribution in [2.75, 3.05) is 13.6 Å². The molecule has 3 aromatic rings. The van der Waals surface area contributed by atoms with Crippen LogP contribution in [0.4, 0.5) is 4.79 Å². The average molecular weight is 335 g/mol. The Morgan fingerprint density at radius 1 is 0.920 bits per heavy atom. The van der Waals surface area contributed by atoms with E-state index in [0.717, 1.165) is 21.9 Å². The van der Waals surface area contributed by atoms with Crippen LogP contribution in [0.25, 0.3) is 10.8 Å². The predicted octanol–water partition coefficient (Wildman–Crippen LogP) is 4.27. The van der Waals surface area contributed by atoms with Crippen LogP contribution in [0.2, 0.25) is 0 Å². The first kappa shape index (κ1) is 17.0. The van der Waals surface area contributed by atoms with Gasteiger partial charge in [-0.05, 0) is 21.9 Å². The van der Waals surface area contributed by atoms with Crippen molar-refractivity contribution in [3.05, 3.63) is 83.9 Å². The van der Waals surface area contributed by atoms with E-state index in [1.807, 2.05) is 72.8 Å². The number of amides is 1. The van der Waals surface area contributed by atoms with Crippen LogP contribution in [0.1, 0.15) is 23.1 Å². The number of benzene rings is 3. The molecular formula is C21H21NO3. The largest absolute Gasteiger partial charge is 0.465 e. The van der Waals surface area contributed by atoms with Crippen LogP contribution in [0.15, 0.2) is 72.8 Å². The van der Waals surface area contributed by atoms with E-state index in [9.17, 15) is 15.0 Å². The average Bonchev–Trinajstić information content (AvgIpc) is 2.65. The van der Waals surface area contributed by atoms with E-state index in [1.165, 1.54) is 11.9 Å². The van der Waals surface area contributed by atoms with E-state index in [0.29, 0.717) is 0 Å². The van der Waals surface area contributed by atoms with Gasteiger partial charge in [0.25, 0.3) is 0 Å². The molecule has 4 nitrogen and oxygen atoms in total. The molecule has 1 amide bonds. The fraction of sp³-hybridized carbons (Fsp3) is 0.190. The first-order chi connectivity index (χ1) is 12.1. The van der Waals surface area contributed by atoms with E-state index in [2.05, 4.69) is 0 Å². The highest BCUT2D eigenvalue weighted by atomic mass is 16.4. The third-order valence-electron chi connectivity index (χ3n) is 4.52. The van der Waals surface area contributed by atoms with E-state index in [4.69, 9.17) is 0 Å². The molecule has 0 spiro atoms. The molecule has 0 aromatic heterocycles. The zero-order chi connectivity index (χ0) is 17.8. The Balaban J connectivity index is 2.00. The summed E-state index contributed by atoms with van der Waals surface area (Å²) in [6.45, 7) is 0.212. The summed E-state index contributed by atoms with van der Waals surface area (Å²) in [6, 6.07) is 23.4. The Hall–Kier alpha value is -2.85. The Morgan fingerprint density at radius 2 is 1.56 bits per heavy atom. The number of carboxylic acid groups (broad SMARTS) is 1. The standard InChI is InChI=1S/C21H21NO3/c1-22(21(24)25)14-19(20(23)16-8-3-2-4-9-16)18-12-11-15-7-5-6-10-17(15)13-18/h2-13,19-20,23H,14H2,1H3,(H,24,25)/t19-,20+/m1/s1. The van der Waals surface area contributed by atoms with Crippen LogP contribution < -0.4 is 0 Å². The lowest BCUT2D eigenvalue weighted by Gasteiger charge is -2.27. The van der Waals surface area contributed by atoms with Crippen molar-refractivity contribution in [1.82, 2.24) is 4.90 Å². The van der Waals surface area contributed by atoms with Crippen LogP contribution in [0.5, 0.6) is 0 Å². The Morgan fingerprint density at radius 3 is 2.24 bits per heavy atom. The molecule has 0 aliphatic heterocycles. The quantitative estimate of drug-likeness (QED) is 0.732. The van der Waals surface area contributed by atoms with Crippen molar-refractivity contribution < 1.29 is 15.0 Å². The molecule has 0 aliphatic rings. The maximum atomic E-state index is 11.3. The molecule has 0 unspecified atom stereocenters. The molecule has 0 bridgehead atoms. The van der Waals surface area contributed by atoms with Crippen LogP contribution in [-0.4, -0.2) is 34.8 Å². The van der Waals surface area contributed by atoms with E-state index < -0.39 is 12.2 Å². The lowest BCUT2D eigenvalue weighted by atomic mass is 9.87. The molecule has 0 saturated carbocycles. The maximum Gasteiger partial charge on any atom is 0.407 e. The van der Waals surface area contributed by atoms with Gasteiger partial charge in [-0.25, -0.2) is 4.79 Å². The molecule has 3 rings (SSSR count). The summed E-state index contributed by atoms with van der Waals surface area (Å²) in [5.74, 6) is -0.354. The fourth-order valence-corrected chi connectivity index (χ4v) is 3.08. The summed E-state index contributed by atoms with van der Waals surface area (Å²) >= 11 is 0. The van der Waals surface area contributed by atoms with Crippen LogP contribution >= 0.6 is 0 Å². The second-order valence-electron chi connectivity index (χ2n) is 6.23. The van der Waals surface area contributed by atoms with E-state index in [-0.39, 0.29) is 12.5 Å². The molecular weight excluding hydrogens is 314 g/mol. The van der Waals surface area contributed by atoms with Gasteiger partial charge in [-0.2, -0.15) is 0 Å². The first-order valence-electron chi connectivity index (χ1n) is 8.22. The number of likely N-dealkylation sites (N-methyl/N-ethyl adjacent to an activating group) is 1. The molecule has 2 atom stereocenters. The van der Waals surface area contributed by atoms with Gasteiger partial charge in [0.2, 0.25) is 0 Å². The van der Waals surface area contributed by atoms with Crippen molar-refractivity contribution in [3.63, 3.8) is 0 Å². The summed E-state index contributed by atoms with van der Waals surface area (Å²) in [6.07, 6.45) is -1.80. The molecule has 0 fully saturated rings. The molecule has 0 heterocycles. The molecule has 128 valence electrons. The normalized spacial score (nSPS) is 13.4. The predicted molar refractivity (Wildman–Crippen MR) is 98.7 cm³/mol. The number of hydrogen-bond donors (Lipinski definition) is 2. The van der Waals surface area contributed by atoms with E-state index >= 15 is 0 Å². The minimum absolute atomic E-state index is 0.212. The van der Waals surface area contributed by atoms with Crippen LogP contribution in [0.3, 0.4) is 0 Å². The fourth-order valence-electron chi connectivity index (χ4n) is 3.08. The molecule has 25 heavy (non-hydrogen) atoms. The summed E-state index contributed by atoms with van der Waals surface area (Å²) in [5.41, 5.74) is 1.70. The zero-order valence-corrected chi connectivity index (χ0v) is 14.0.